The van der Waals surface area contributed by atoms with Crippen LogP contribution >= 0.6 is 23.2 Å². The molecule has 0 bridgehead atoms. The van der Waals surface area contributed by atoms with E-state index in [9.17, 15) is 9.59 Å². The lowest BCUT2D eigenvalue weighted by atomic mass is 10.3. The number of aliphatic hydroxyl groups is 1. The predicted octanol–water partition coefficient (Wildman–Crippen LogP) is 2.03. The van der Waals surface area contributed by atoms with Gasteiger partial charge in [-0.05, 0) is 6.07 Å². The van der Waals surface area contributed by atoms with Crippen LogP contribution in [0, 0.1) is 0 Å². The second kappa shape index (κ2) is 11.5. The number of nitrogens with one attached hydrogen (secondary N) is 2. The number of rotatable bonds is 9. The number of carbonyl (C=O) groups excluding carboxylic acids is 2. The Morgan fingerprint density at radius 3 is 2.29 bits per heavy atom. The van der Waals surface area contributed by atoms with Gasteiger partial charge in [-0.2, -0.15) is 0 Å². The largest absolute Gasteiger partial charge is 0.474 e. The average Bonchev–Trinajstić information content (AvgIpc) is 2.57. The van der Waals surface area contributed by atoms with Crippen LogP contribution in [0.1, 0.15) is 0 Å². The van der Waals surface area contributed by atoms with Crippen molar-refractivity contribution in [3.63, 3.8) is 0 Å². The number of aliphatic hydroxyl groups excluding tert-OH is 1. The van der Waals surface area contributed by atoms with Crippen molar-refractivity contribution in [2.75, 3.05) is 48.8 Å². The number of alkyl halides is 2. The smallest absolute Gasteiger partial charge is 0.411 e. The molecule has 11 heteroatoms. The van der Waals surface area contributed by atoms with Crippen molar-refractivity contribution in [3.8, 4) is 5.88 Å². The summed E-state index contributed by atoms with van der Waals surface area (Å²) in [6.07, 6.45) is -0.200. The molecule has 1 heterocycles. The number of halogens is 2. The summed E-state index contributed by atoms with van der Waals surface area (Å²) in [7, 11) is 0. The van der Waals surface area contributed by atoms with Crippen LogP contribution in [0.5, 0.6) is 5.88 Å². The number of hydrogen-bond acceptors (Lipinski definition) is 7. The highest BCUT2D eigenvalue weighted by atomic mass is 35.5. The maximum Gasteiger partial charge on any atom is 0.411 e. The Morgan fingerprint density at radius 2 is 1.71 bits per heavy atom. The van der Waals surface area contributed by atoms with Gasteiger partial charge >= 0.3 is 12.2 Å². The quantitative estimate of drug-likeness (QED) is 0.559. The molecule has 0 saturated carbocycles. The molecule has 0 saturated heterocycles. The Morgan fingerprint density at radius 1 is 1.08 bits per heavy atom. The van der Waals surface area contributed by atoms with Crippen molar-refractivity contribution in [2.45, 2.75) is 0 Å². The van der Waals surface area contributed by atoms with Gasteiger partial charge in [-0.3, -0.25) is 10.6 Å². The van der Waals surface area contributed by atoms with Crippen LogP contribution in [-0.2, 0) is 9.47 Å². The van der Waals surface area contributed by atoms with Gasteiger partial charge in [-0.25, -0.2) is 14.6 Å². The predicted molar refractivity (Wildman–Crippen MR) is 88.2 cm³/mol. The fourth-order valence-corrected chi connectivity index (χ4v) is 1.58. The average molecular weight is 382 g/mol. The molecular formula is C13H17Cl2N3O6. The normalized spacial score (nSPS) is 9.96. The van der Waals surface area contributed by atoms with Crippen LogP contribution in [0.15, 0.2) is 12.3 Å². The topological polar surface area (TPSA) is 119 Å². The van der Waals surface area contributed by atoms with Gasteiger partial charge in [0.2, 0.25) is 5.88 Å². The molecule has 0 atom stereocenters. The van der Waals surface area contributed by atoms with E-state index in [-0.39, 0.29) is 55.4 Å². The minimum atomic E-state index is -0.770. The van der Waals surface area contributed by atoms with E-state index < -0.39 is 12.2 Å². The summed E-state index contributed by atoms with van der Waals surface area (Å²) in [5.74, 6) is 0.360. The molecule has 2 amide bonds. The molecule has 0 aliphatic carbocycles. The molecule has 1 aromatic rings. The Bertz CT molecular complexity index is 546. The van der Waals surface area contributed by atoms with Crippen LogP contribution in [0.4, 0.5) is 21.0 Å². The van der Waals surface area contributed by atoms with Crippen molar-refractivity contribution < 1.29 is 28.9 Å². The molecule has 3 N–H and O–H groups in total. The molecule has 0 aromatic carbocycles. The lowest BCUT2D eigenvalue weighted by Gasteiger charge is -2.13. The summed E-state index contributed by atoms with van der Waals surface area (Å²) in [4.78, 5) is 27.1. The maximum atomic E-state index is 11.6. The van der Waals surface area contributed by atoms with Gasteiger partial charge in [-0.15, -0.1) is 23.2 Å². The number of pyridine rings is 1. The first-order chi connectivity index (χ1) is 11.6. The summed E-state index contributed by atoms with van der Waals surface area (Å²) in [6, 6.07) is 1.39. The third kappa shape index (κ3) is 7.53. The van der Waals surface area contributed by atoms with Crippen LogP contribution in [0.3, 0.4) is 0 Å². The SMILES string of the molecule is O=C(Nc1cnc(OCCO)c(NC(=O)OCCCl)c1)OCCCl. The van der Waals surface area contributed by atoms with Crippen molar-refractivity contribution in [2.24, 2.45) is 0 Å². The summed E-state index contributed by atoms with van der Waals surface area (Å²) in [5.41, 5.74) is 0.386. The molecule has 0 spiro atoms. The zero-order valence-electron chi connectivity index (χ0n) is 12.6. The molecule has 24 heavy (non-hydrogen) atoms. The molecule has 0 unspecified atom stereocenters. The summed E-state index contributed by atoms with van der Waals surface area (Å²) < 4.78 is 14.7. The van der Waals surface area contributed by atoms with Crippen LogP contribution in [0.2, 0.25) is 0 Å². The van der Waals surface area contributed by atoms with Crippen molar-refractivity contribution in [1.29, 1.82) is 0 Å². The number of anilines is 2. The van der Waals surface area contributed by atoms with Crippen LogP contribution in [-0.4, -0.2) is 60.5 Å². The fourth-order valence-electron chi connectivity index (χ4n) is 1.43. The van der Waals surface area contributed by atoms with Gasteiger partial charge < -0.3 is 19.3 Å². The lowest BCUT2D eigenvalue weighted by molar-refractivity contribution is 0.167. The van der Waals surface area contributed by atoms with Crippen LogP contribution < -0.4 is 15.4 Å². The third-order valence-corrected chi connectivity index (χ3v) is 2.59. The number of carbonyl (C=O) groups is 2. The zero-order chi connectivity index (χ0) is 17.8. The molecule has 0 radical (unpaired) electrons. The Hall–Kier alpha value is -1.97. The first kappa shape index (κ1) is 20.1. The number of amides is 2. The van der Waals surface area contributed by atoms with E-state index in [1.54, 1.807) is 0 Å². The highest BCUT2D eigenvalue weighted by molar-refractivity contribution is 6.18. The Balaban J connectivity index is 2.82. The van der Waals surface area contributed by atoms with E-state index in [1.165, 1.54) is 12.3 Å². The summed E-state index contributed by atoms with van der Waals surface area (Å²) >= 11 is 10.8. The van der Waals surface area contributed by atoms with Gasteiger partial charge in [0.25, 0.3) is 0 Å². The molecule has 0 fully saturated rings. The Kier molecular flexibility index (Phi) is 9.66. The van der Waals surface area contributed by atoms with Gasteiger partial charge in [0.15, 0.2) is 0 Å². The number of nitrogens with zero attached hydrogens (tertiary/aromatic N) is 1. The molecule has 1 rings (SSSR count). The summed E-state index contributed by atoms with van der Waals surface area (Å²) in [6.45, 7) is -0.184. The molecule has 9 nitrogen and oxygen atoms in total. The summed E-state index contributed by atoms with van der Waals surface area (Å²) in [5, 5.41) is 13.6. The minimum Gasteiger partial charge on any atom is -0.474 e. The lowest BCUT2D eigenvalue weighted by Crippen LogP contribution is -2.18. The molecule has 134 valence electrons. The molecule has 0 aliphatic heterocycles. The maximum absolute atomic E-state index is 11.6. The highest BCUT2D eigenvalue weighted by Gasteiger charge is 2.13. The van der Waals surface area contributed by atoms with Gasteiger partial charge in [0.05, 0.1) is 30.3 Å². The van der Waals surface area contributed by atoms with Gasteiger partial charge in [0.1, 0.15) is 25.5 Å². The third-order valence-electron chi connectivity index (χ3n) is 2.28. The second-order valence-electron chi connectivity index (χ2n) is 4.05. The van der Waals surface area contributed by atoms with E-state index in [4.69, 9.17) is 42.5 Å². The second-order valence-corrected chi connectivity index (χ2v) is 4.80. The minimum absolute atomic E-state index is 0.0241. The van der Waals surface area contributed by atoms with E-state index >= 15 is 0 Å². The number of ether oxygens (including phenoxy) is 3. The molecular weight excluding hydrogens is 365 g/mol. The number of aromatic nitrogens is 1. The van der Waals surface area contributed by atoms with Crippen molar-refractivity contribution in [3.05, 3.63) is 12.3 Å². The van der Waals surface area contributed by atoms with Gasteiger partial charge in [-0.1, -0.05) is 0 Å². The van der Waals surface area contributed by atoms with E-state index in [2.05, 4.69) is 15.6 Å². The van der Waals surface area contributed by atoms with Crippen molar-refractivity contribution >= 4 is 46.8 Å². The zero-order valence-corrected chi connectivity index (χ0v) is 14.1. The Labute approximate surface area is 148 Å². The highest BCUT2D eigenvalue weighted by Crippen LogP contribution is 2.25. The fraction of sp³-hybridized carbons (Fsp3) is 0.462. The van der Waals surface area contributed by atoms with E-state index in [0.29, 0.717) is 0 Å². The molecule has 1 aromatic heterocycles. The van der Waals surface area contributed by atoms with Gasteiger partial charge in [0, 0.05) is 0 Å². The first-order valence-corrected chi connectivity index (χ1v) is 7.90. The van der Waals surface area contributed by atoms with Crippen LogP contribution in [0.25, 0.3) is 0 Å². The standard InChI is InChI=1S/C13H17Cl2N3O6/c14-1-4-23-12(20)17-9-7-10(18-13(21)24-5-2-15)11(16-8-9)22-6-3-19/h7-8,19H,1-6H2,(H,17,20)(H,18,21). The molecule has 0 aliphatic rings. The van der Waals surface area contributed by atoms with E-state index in [1.807, 2.05) is 0 Å². The monoisotopic (exact) mass is 381 g/mol. The van der Waals surface area contributed by atoms with E-state index in [0.717, 1.165) is 0 Å². The number of hydrogen-bond donors (Lipinski definition) is 3. The first-order valence-electron chi connectivity index (χ1n) is 6.84. The van der Waals surface area contributed by atoms with Crippen molar-refractivity contribution in [1.82, 2.24) is 4.98 Å².